The van der Waals surface area contributed by atoms with Crippen molar-refractivity contribution in [1.29, 1.82) is 0 Å². The molecule has 1 fully saturated rings. The van der Waals surface area contributed by atoms with Crippen molar-refractivity contribution >= 4 is 23.1 Å². The molecule has 0 N–H and O–H groups in total. The van der Waals surface area contributed by atoms with Gasteiger partial charge in [0.1, 0.15) is 0 Å². The number of hydrogen-bond donors (Lipinski definition) is 0. The molecule has 0 amide bonds. The van der Waals surface area contributed by atoms with Crippen LogP contribution in [0.5, 0.6) is 0 Å². The lowest BCUT2D eigenvalue weighted by atomic mass is 10.4. The molecule has 0 aliphatic carbocycles. The van der Waals surface area contributed by atoms with Crippen molar-refractivity contribution in [1.82, 2.24) is 4.90 Å². The third kappa shape index (κ3) is 3.28. The molecular weight excluding hydrogens is 214 g/mol. The van der Waals surface area contributed by atoms with Gasteiger partial charge in [-0.1, -0.05) is 6.07 Å². The molecule has 1 aliphatic rings. The molecule has 0 unspecified atom stereocenters. The van der Waals surface area contributed by atoms with E-state index in [1.807, 2.05) is 23.1 Å². The van der Waals surface area contributed by atoms with Crippen molar-refractivity contribution in [3.05, 3.63) is 17.5 Å². The van der Waals surface area contributed by atoms with Crippen molar-refractivity contribution < 1.29 is 4.74 Å². The number of ether oxygens (including phenoxy) is 1. The number of morpholine rings is 1. The SMILES string of the molecule is c1csc(SCCN2CCOCC2)c1. The van der Waals surface area contributed by atoms with E-state index in [2.05, 4.69) is 22.4 Å². The lowest BCUT2D eigenvalue weighted by molar-refractivity contribution is 0.0410. The number of hydrogen-bond acceptors (Lipinski definition) is 4. The predicted molar refractivity (Wildman–Crippen MR) is 62.3 cm³/mol. The minimum Gasteiger partial charge on any atom is -0.379 e. The van der Waals surface area contributed by atoms with Gasteiger partial charge in [0, 0.05) is 25.4 Å². The van der Waals surface area contributed by atoms with Crippen LogP contribution in [0.25, 0.3) is 0 Å². The van der Waals surface area contributed by atoms with Crippen LogP contribution in [0.3, 0.4) is 0 Å². The molecule has 0 atom stereocenters. The topological polar surface area (TPSA) is 12.5 Å². The van der Waals surface area contributed by atoms with Crippen LogP contribution in [0.2, 0.25) is 0 Å². The first-order valence-corrected chi connectivity index (χ1v) is 6.78. The van der Waals surface area contributed by atoms with E-state index >= 15 is 0 Å². The van der Waals surface area contributed by atoms with Crippen molar-refractivity contribution in [3.8, 4) is 0 Å². The largest absolute Gasteiger partial charge is 0.379 e. The summed E-state index contributed by atoms with van der Waals surface area (Å²) in [5.41, 5.74) is 0. The van der Waals surface area contributed by atoms with E-state index in [4.69, 9.17) is 4.74 Å². The molecule has 2 nitrogen and oxygen atoms in total. The van der Waals surface area contributed by atoms with Gasteiger partial charge >= 0.3 is 0 Å². The molecule has 1 aromatic heterocycles. The Hall–Kier alpha value is -0.0300. The van der Waals surface area contributed by atoms with Crippen LogP contribution in [0.15, 0.2) is 21.7 Å². The maximum Gasteiger partial charge on any atom is 0.0598 e. The van der Waals surface area contributed by atoms with Crippen molar-refractivity contribution in [3.63, 3.8) is 0 Å². The number of thioether (sulfide) groups is 1. The summed E-state index contributed by atoms with van der Waals surface area (Å²) in [5, 5.41) is 2.14. The summed E-state index contributed by atoms with van der Waals surface area (Å²) >= 11 is 3.79. The molecule has 1 saturated heterocycles. The van der Waals surface area contributed by atoms with Gasteiger partial charge in [-0.25, -0.2) is 0 Å². The molecule has 2 heterocycles. The fourth-order valence-corrected chi connectivity index (χ4v) is 3.31. The van der Waals surface area contributed by atoms with Gasteiger partial charge in [0.25, 0.3) is 0 Å². The molecular formula is C10H15NOS2. The van der Waals surface area contributed by atoms with Crippen molar-refractivity contribution in [2.45, 2.75) is 4.21 Å². The van der Waals surface area contributed by atoms with Gasteiger partial charge in [-0.2, -0.15) is 0 Å². The van der Waals surface area contributed by atoms with E-state index in [1.54, 1.807) is 0 Å². The monoisotopic (exact) mass is 229 g/mol. The van der Waals surface area contributed by atoms with Crippen molar-refractivity contribution in [2.75, 3.05) is 38.6 Å². The predicted octanol–water partition coefficient (Wildman–Crippen LogP) is 2.17. The van der Waals surface area contributed by atoms with Crippen LogP contribution in [0, 0.1) is 0 Å². The fraction of sp³-hybridized carbons (Fsp3) is 0.600. The molecule has 1 aliphatic heterocycles. The summed E-state index contributed by atoms with van der Waals surface area (Å²) in [6.07, 6.45) is 0. The Labute approximate surface area is 93.3 Å². The first-order valence-electron chi connectivity index (χ1n) is 4.91. The molecule has 14 heavy (non-hydrogen) atoms. The average Bonchev–Trinajstić information content (AvgIpc) is 2.72. The normalized spacial score (nSPS) is 18.6. The molecule has 0 bridgehead atoms. The molecule has 0 aromatic carbocycles. The highest BCUT2D eigenvalue weighted by atomic mass is 32.2. The van der Waals surface area contributed by atoms with E-state index in [9.17, 15) is 0 Å². The van der Waals surface area contributed by atoms with Gasteiger partial charge in [0.05, 0.1) is 17.4 Å². The Morgan fingerprint density at radius 3 is 3.00 bits per heavy atom. The first-order chi connectivity index (χ1) is 6.95. The van der Waals surface area contributed by atoms with Crippen LogP contribution >= 0.6 is 23.1 Å². The third-order valence-electron chi connectivity index (χ3n) is 2.25. The quantitative estimate of drug-likeness (QED) is 0.734. The van der Waals surface area contributed by atoms with Crippen LogP contribution in [-0.4, -0.2) is 43.5 Å². The highest BCUT2D eigenvalue weighted by Crippen LogP contribution is 2.23. The molecule has 1 aromatic rings. The first kappa shape index (κ1) is 10.5. The molecule has 0 saturated carbocycles. The number of rotatable bonds is 4. The van der Waals surface area contributed by atoms with Crippen LogP contribution in [0.1, 0.15) is 0 Å². The van der Waals surface area contributed by atoms with E-state index in [0.717, 1.165) is 26.3 Å². The number of nitrogens with zero attached hydrogens (tertiary/aromatic N) is 1. The molecule has 0 radical (unpaired) electrons. The van der Waals surface area contributed by atoms with Gasteiger partial charge in [0.15, 0.2) is 0 Å². The zero-order valence-electron chi connectivity index (χ0n) is 8.15. The Kier molecular flexibility index (Phi) is 4.31. The third-order valence-corrected chi connectivity index (χ3v) is 4.36. The smallest absolute Gasteiger partial charge is 0.0598 e. The van der Waals surface area contributed by atoms with Crippen LogP contribution in [-0.2, 0) is 4.74 Å². The van der Waals surface area contributed by atoms with Gasteiger partial charge in [-0.3, -0.25) is 4.90 Å². The summed E-state index contributed by atoms with van der Waals surface area (Å²) in [4.78, 5) is 2.48. The Bertz CT molecular complexity index is 245. The highest BCUT2D eigenvalue weighted by molar-refractivity contribution is 8.01. The standard InChI is InChI=1S/C10H15NOS2/c1-2-10(13-8-1)14-9-5-11-3-6-12-7-4-11/h1-2,8H,3-7,9H2. The van der Waals surface area contributed by atoms with Crippen molar-refractivity contribution in [2.24, 2.45) is 0 Å². The summed E-state index contributed by atoms with van der Waals surface area (Å²) in [5.74, 6) is 1.19. The zero-order valence-corrected chi connectivity index (χ0v) is 9.78. The fourth-order valence-electron chi connectivity index (χ4n) is 1.45. The Morgan fingerprint density at radius 1 is 1.43 bits per heavy atom. The van der Waals surface area contributed by atoms with Gasteiger partial charge in [-0.15, -0.1) is 23.1 Å². The lowest BCUT2D eigenvalue weighted by Gasteiger charge is -2.26. The molecule has 4 heteroatoms. The lowest BCUT2D eigenvalue weighted by Crippen LogP contribution is -2.37. The maximum absolute atomic E-state index is 5.31. The summed E-state index contributed by atoms with van der Waals surface area (Å²) in [6.45, 7) is 5.20. The van der Waals surface area contributed by atoms with E-state index in [1.165, 1.54) is 16.5 Å². The van der Waals surface area contributed by atoms with Crippen LogP contribution < -0.4 is 0 Å². The van der Waals surface area contributed by atoms with Gasteiger partial charge < -0.3 is 4.74 Å². The number of thiophene rings is 1. The zero-order chi connectivity index (χ0) is 9.64. The van der Waals surface area contributed by atoms with Crippen LogP contribution in [0.4, 0.5) is 0 Å². The minimum absolute atomic E-state index is 0.906. The Balaban J connectivity index is 1.62. The Morgan fingerprint density at radius 2 is 2.29 bits per heavy atom. The average molecular weight is 229 g/mol. The van der Waals surface area contributed by atoms with Gasteiger partial charge in [-0.05, 0) is 11.4 Å². The highest BCUT2D eigenvalue weighted by Gasteiger charge is 2.09. The summed E-state index contributed by atoms with van der Waals surface area (Å²) in [6, 6.07) is 4.30. The molecule has 0 spiro atoms. The maximum atomic E-state index is 5.31. The second-order valence-corrected chi connectivity index (χ2v) is 5.58. The summed E-state index contributed by atoms with van der Waals surface area (Å²) in [7, 11) is 0. The second kappa shape index (κ2) is 5.75. The minimum atomic E-state index is 0.906. The molecule has 78 valence electrons. The van der Waals surface area contributed by atoms with E-state index in [0.29, 0.717) is 0 Å². The van der Waals surface area contributed by atoms with Gasteiger partial charge in [0.2, 0.25) is 0 Å². The van der Waals surface area contributed by atoms with E-state index in [-0.39, 0.29) is 0 Å². The molecule has 2 rings (SSSR count). The van der Waals surface area contributed by atoms with E-state index < -0.39 is 0 Å². The second-order valence-electron chi connectivity index (χ2n) is 3.23. The summed E-state index contributed by atoms with van der Waals surface area (Å²) < 4.78 is 6.73.